The predicted octanol–water partition coefficient (Wildman–Crippen LogP) is 0.314. The molecule has 0 atom stereocenters. The van der Waals surface area contributed by atoms with Gasteiger partial charge in [0.2, 0.25) is 0 Å². The van der Waals surface area contributed by atoms with Crippen molar-refractivity contribution in [1.29, 1.82) is 0 Å². The zero-order valence-corrected chi connectivity index (χ0v) is 9.20. The van der Waals surface area contributed by atoms with Crippen LogP contribution in [0.1, 0.15) is 20.0 Å². The number of hydrogen-bond acceptors (Lipinski definition) is 5. The topological polar surface area (TPSA) is 79.7 Å². The second-order valence-electron chi connectivity index (χ2n) is 3.28. The lowest BCUT2D eigenvalue weighted by molar-refractivity contribution is 0.0304. The Morgan fingerprint density at radius 3 is 2.75 bits per heavy atom. The van der Waals surface area contributed by atoms with Crippen molar-refractivity contribution in [3.63, 3.8) is 0 Å². The molecule has 0 radical (unpaired) electrons. The van der Waals surface area contributed by atoms with Crippen molar-refractivity contribution in [2.75, 3.05) is 26.3 Å². The Balaban J connectivity index is 2.19. The monoisotopic (exact) mass is 242 g/mol. The fourth-order valence-corrected chi connectivity index (χ4v) is 2.17. The van der Waals surface area contributed by atoms with Crippen LogP contribution in [-0.4, -0.2) is 52.6 Å². The number of carbonyl (C=O) groups is 2. The molecular formula is C9H10N2O4S. The summed E-state index contributed by atoms with van der Waals surface area (Å²) < 4.78 is 8.86. The molecule has 16 heavy (non-hydrogen) atoms. The molecule has 0 aliphatic carbocycles. The second kappa shape index (κ2) is 4.58. The normalized spacial score (nSPS) is 16.1. The maximum Gasteiger partial charge on any atom is 0.339 e. The van der Waals surface area contributed by atoms with Crippen LogP contribution in [0, 0.1) is 0 Å². The number of ether oxygens (including phenoxy) is 1. The number of carbonyl (C=O) groups excluding carboxylic acids is 1. The van der Waals surface area contributed by atoms with Gasteiger partial charge in [-0.05, 0) is 11.5 Å². The Hall–Kier alpha value is -1.47. The van der Waals surface area contributed by atoms with E-state index in [1.807, 2.05) is 0 Å². The third kappa shape index (κ3) is 2.05. The lowest BCUT2D eigenvalue weighted by Crippen LogP contribution is -2.40. The first-order valence-electron chi connectivity index (χ1n) is 4.75. The summed E-state index contributed by atoms with van der Waals surface area (Å²) in [4.78, 5) is 24.6. The molecular weight excluding hydrogens is 232 g/mol. The fraction of sp³-hybridized carbons (Fsp3) is 0.444. The minimum absolute atomic E-state index is 0.0264. The van der Waals surface area contributed by atoms with E-state index in [2.05, 4.69) is 4.37 Å². The van der Waals surface area contributed by atoms with E-state index in [0.29, 0.717) is 26.3 Å². The second-order valence-corrected chi connectivity index (χ2v) is 4.08. The average molecular weight is 242 g/mol. The Labute approximate surface area is 95.6 Å². The highest BCUT2D eigenvalue weighted by Gasteiger charge is 2.25. The summed E-state index contributed by atoms with van der Waals surface area (Å²) in [5, 5.41) is 8.87. The van der Waals surface area contributed by atoms with E-state index >= 15 is 0 Å². The molecule has 86 valence electrons. The molecule has 1 saturated heterocycles. The molecule has 2 heterocycles. The first-order valence-corrected chi connectivity index (χ1v) is 5.52. The van der Waals surface area contributed by atoms with Crippen LogP contribution in [0.4, 0.5) is 0 Å². The van der Waals surface area contributed by atoms with Crippen molar-refractivity contribution in [2.24, 2.45) is 0 Å². The number of nitrogens with zero attached hydrogens (tertiary/aromatic N) is 2. The number of morpholine rings is 1. The number of carboxylic acid groups (broad SMARTS) is 1. The van der Waals surface area contributed by atoms with Crippen LogP contribution in [0.15, 0.2) is 6.20 Å². The third-order valence-electron chi connectivity index (χ3n) is 2.29. The zero-order valence-electron chi connectivity index (χ0n) is 8.38. The van der Waals surface area contributed by atoms with E-state index in [0.717, 1.165) is 11.5 Å². The van der Waals surface area contributed by atoms with Gasteiger partial charge >= 0.3 is 5.97 Å². The minimum Gasteiger partial charge on any atom is -0.478 e. The summed E-state index contributed by atoms with van der Waals surface area (Å²) >= 11 is 0.917. The molecule has 1 aromatic rings. The molecule has 1 aliphatic rings. The van der Waals surface area contributed by atoms with Crippen LogP contribution in [0.5, 0.6) is 0 Å². The maximum atomic E-state index is 12.0. The van der Waals surface area contributed by atoms with E-state index in [1.165, 1.54) is 6.20 Å². The van der Waals surface area contributed by atoms with Gasteiger partial charge in [-0.15, -0.1) is 0 Å². The first kappa shape index (κ1) is 11.0. The largest absolute Gasteiger partial charge is 0.478 e. The maximum absolute atomic E-state index is 12.0. The number of aromatic carboxylic acids is 1. The van der Waals surface area contributed by atoms with Crippen LogP contribution >= 0.6 is 11.5 Å². The van der Waals surface area contributed by atoms with Gasteiger partial charge in [-0.2, -0.15) is 4.37 Å². The van der Waals surface area contributed by atoms with Gasteiger partial charge in [-0.25, -0.2) is 4.79 Å². The molecule has 0 saturated carbocycles. The first-order chi connectivity index (χ1) is 7.70. The number of carboxylic acids is 1. The summed E-state index contributed by atoms with van der Waals surface area (Å²) in [5.74, 6) is -1.39. The number of rotatable bonds is 2. The smallest absolute Gasteiger partial charge is 0.339 e. The Morgan fingerprint density at radius 2 is 2.12 bits per heavy atom. The van der Waals surface area contributed by atoms with E-state index < -0.39 is 5.97 Å². The SMILES string of the molecule is O=C(O)c1cnsc1C(=O)N1CCOCC1. The molecule has 1 aliphatic heterocycles. The van der Waals surface area contributed by atoms with Gasteiger partial charge in [0.15, 0.2) is 0 Å². The molecule has 0 aromatic carbocycles. The molecule has 0 unspecified atom stereocenters. The lowest BCUT2D eigenvalue weighted by Gasteiger charge is -2.26. The van der Waals surface area contributed by atoms with E-state index in [9.17, 15) is 9.59 Å². The fourth-order valence-electron chi connectivity index (χ4n) is 1.46. The highest BCUT2D eigenvalue weighted by atomic mass is 32.1. The average Bonchev–Trinajstić information content (AvgIpc) is 2.78. The van der Waals surface area contributed by atoms with Crippen LogP contribution in [0.25, 0.3) is 0 Å². The van der Waals surface area contributed by atoms with Gasteiger partial charge in [0, 0.05) is 13.1 Å². The third-order valence-corrected chi connectivity index (χ3v) is 3.08. The van der Waals surface area contributed by atoms with Gasteiger partial charge in [-0.1, -0.05) is 0 Å². The Morgan fingerprint density at radius 1 is 1.44 bits per heavy atom. The van der Waals surface area contributed by atoms with Gasteiger partial charge in [0.05, 0.1) is 19.4 Å². The quantitative estimate of drug-likeness (QED) is 0.807. The minimum atomic E-state index is -1.12. The Kier molecular flexibility index (Phi) is 3.16. The van der Waals surface area contributed by atoms with Crippen molar-refractivity contribution >= 4 is 23.4 Å². The van der Waals surface area contributed by atoms with Crippen LogP contribution in [0.2, 0.25) is 0 Å². The van der Waals surface area contributed by atoms with Gasteiger partial charge in [0.25, 0.3) is 5.91 Å². The van der Waals surface area contributed by atoms with Gasteiger partial charge in [-0.3, -0.25) is 4.79 Å². The standard InChI is InChI=1S/C9H10N2O4S/c12-8(11-1-3-15-4-2-11)7-6(9(13)14)5-10-16-7/h5H,1-4H2,(H,13,14). The Bertz CT molecular complexity index is 411. The van der Waals surface area contributed by atoms with E-state index in [1.54, 1.807) is 4.90 Å². The molecule has 0 bridgehead atoms. The van der Waals surface area contributed by atoms with Crippen molar-refractivity contribution in [3.05, 3.63) is 16.6 Å². The van der Waals surface area contributed by atoms with Crippen molar-refractivity contribution in [1.82, 2.24) is 9.27 Å². The highest BCUT2D eigenvalue weighted by Crippen LogP contribution is 2.17. The van der Waals surface area contributed by atoms with Gasteiger partial charge in [0.1, 0.15) is 10.4 Å². The molecule has 6 nitrogen and oxygen atoms in total. The number of hydrogen-bond donors (Lipinski definition) is 1. The lowest BCUT2D eigenvalue weighted by atomic mass is 10.2. The summed E-state index contributed by atoms with van der Waals surface area (Å²) in [5.41, 5.74) is -0.0264. The molecule has 7 heteroatoms. The van der Waals surface area contributed by atoms with Gasteiger partial charge < -0.3 is 14.7 Å². The molecule has 1 fully saturated rings. The summed E-state index contributed by atoms with van der Waals surface area (Å²) in [7, 11) is 0. The van der Waals surface area contributed by atoms with Crippen molar-refractivity contribution in [3.8, 4) is 0 Å². The van der Waals surface area contributed by atoms with Crippen LogP contribution < -0.4 is 0 Å². The van der Waals surface area contributed by atoms with Crippen molar-refractivity contribution < 1.29 is 19.4 Å². The molecule has 1 N–H and O–H groups in total. The number of aromatic nitrogens is 1. The predicted molar refractivity (Wildman–Crippen MR) is 55.8 cm³/mol. The molecule has 0 spiro atoms. The van der Waals surface area contributed by atoms with Crippen LogP contribution in [0.3, 0.4) is 0 Å². The summed E-state index contributed by atoms with van der Waals surface area (Å²) in [6.07, 6.45) is 1.21. The molecule has 1 amide bonds. The molecule has 2 rings (SSSR count). The summed E-state index contributed by atoms with van der Waals surface area (Å²) in [6, 6.07) is 0. The van der Waals surface area contributed by atoms with E-state index in [4.69, 9.17) is 9.84 Å². The van der Waals surface area contributed by atoms with Crippen molar-refractivity contribution in [2.45, 2.75) is 0 Å². The van der Waals surface area contributed by atoms with Crippen LogP contribution in [-0.2, 0) is 4.74 Å². The zero-order chi connectivity index (χ0) is 11.5. The summed E-state index contributed by atoms with van der Waals surface area (Å²) in [6.45, 7) is 1.98. The van der Waals surface area contributed by atoms with E-state index in [-0.39, 0.29) is 16.3 Å². The highest BCUT2D eigenvalue weighted by molar-refractivity contribution is 7.08. The molecule has 1 aromatic heterocycles. The number of amides is 1.